The molecular formula is C14H15N3. The van der Waals surface area contributed by atoms with Gasteiger partial charge in [-0.1, -0.05) is 24.3 Å². The lowest BCUT2D eigenvalue weighted by Gasteiger charge is -2.12. The molecule has 1 aromatic heterocycles. The zero-order chi connectivity index (χ0) is 11.7. The molecule has 0 bridgehead atoms. The van der Waals surface area contributed by atoms with Crippen LogP contribution >= 0.6 is 0 Å². The Balaban J connectivity index is 1.74. The standard InChI is InChI=1S/C14H15N3/c1-10-6-14(16-9-15-10)17-13-7-11-4-2-3-5-12(11)8-13/h2-6,9,13H,7-8H2,1H3,(H,15,16,17). The quantitative estimate of drug-likeness (QED) is 0.852. The van der Waals surface area contributed by atoms with E-state index in [1.807, 2.05) is 13.0 Å². The normalized spacial score (nSPS) is 14.6. The minimum atomic E-state index is 0.460. The smallest absolute Gasteiger partial charge is 0.129 e. The Morgan fingerprint density at radius 2 is 1.82 bits per heavy atom. The number of hydrogen-bond donors (Lipinski definition) is 1. The van der Waals surface area contributed by atoms with Gasteiger partial charge in [0.25, 0.3) is 0 Å². The number of anilines is 1. The summed E-state index contributed by atoms with van der Waals surface area (Å²) in [6, 6.07) is 11.1. The number of hydrogen-bond acceptors (Lipinski definition) is 3. The van der Waals surface area contributed by atoms with Gasteiger partial charge in [-0.05, 0) is 30.9 Å². The summed E-state index contributed by atoms with van der Waals surface area (Å²) < 4.78 is 0. The summed E-state index contributed by atoms with van der Waals surface area (Å²) in [6.45, 7) is 1.98. The van der Waals surface area contributed by atoms with Crippen molar-refractivity contribution in [2.45, 2.75) is 25.8 Å². The molecule has 0 radical (unpaired) electrons. The van der Waals surface area contributed by atoms with Crippen LogP contribution in [-0.4, -0.2) is 16.0 Å². The van der Waals surface area contributed by atoms with E-state index in [4.69, 9.17) is 0 Å². The molecule has 1 N–H and O–H groups in total. The first kappa shape index (κ1) is 10.3. The number of aryl methyl sites for hydroxylation is 1. The number of benzene rings is 1. The molecule has 17 heavy (non-hydrogen) atoms. The van der Waals surface area contributed by atoms with E-state index in [1.165, 1.54) is 11.1 Å². The molecule has 0 spiro atoms. The topological polar surface area (TPSA) is 37.8 Å². The van der Waals surface area contributed by atoms with Crippen LogP contribution in [0.25, 0.3) is 0 Å². The molecule has 1 aliphatic carbocycles. The van der Waals surface area contributed by atoms with Gasteiger partial charge in [0, 0.05) is 17.8 Å². The van der Waals surface area contributed by atoms with Crippen molar-refractivity contribution in [3.8, 4) is 0 Å². The van der Waals surface area contributed by atoms with Gasteiger partial charge in [0.1, 0.15) is 12.1 Å². The van der Waals surface area contributed by atoms with Crippen LogP contribution in [0.15, 0.2) is 36.7 Å². The maximum atomic E-state index is 4.24. The van der Waals surface area contributed by atoms with Crippen molar-refractivity contribution in [2.75, 3.05) is 5.32 Å². The molecule has 0 atom stereocenters. The molecule has 0 fully saturated rings. The monoisotopic (exact) mass is 225 g/mol. The molecule has 1 aromatic carbocycles. The van der Waals surface area contributed by atoms with E-state index < -0.39 is 0 Å². The van der Waals surface area contributed by atoms with Gasteiger partial charge >= 0.3 is 0 Å². The highest BCUT2D eigenvalue weighted by molar-refractivity contribution is 5.41. The average Bonchev–Trinajstić information content (AvgIpc) is 2.71. The number of fused-ring (bicyclic) bond motifs is 1. The van der Waals surface area contributed by atoms with E-state index in [9.17, 15) is 0 Å². The van der Waals surface area contributed by atoms with E-state index in [0.717, 1.165) is 24.4 Å². The minimum Gasteiger partial charge on any atom is -0.367 e. The summed E-state index contributed by atoms with van der Waals surface area (Å²) in [5.41, 5.74) is 3.91. The highest BCUT2D eigenvalue weighted by Gasteiger charge is 2.20. The Morgan fingerprint density at radius 1 is 1.12 bits per heavy atom. The van der Waals surface area contributed by atoms with Gasteiger partial charge in [0.2, 0.25) is 0 Å². The predicted octanol–water partition coefficient (Wildman–Crippen LogP) is 2.36. The Bertz CT molecular complexity index is 511. The number of rotatable bonds is 2. The van der Waals surface area contributed by atoms with Crippen molar-refractivity contribution in [1.29, 1.82) is 0 Å². The number of aromatic nitrogens is 2. The third-order valence-electron chi connectivity index (χ3n) is 3.21. The first-order chi connectivity index (χ1) is 8.31. The average molecular weight is 225 g/mol. The van der Waals surface area contributed by atoms with Gasteiger partial charge in [0.05, 0.1) is 0 Å². The Hall–Kier alpha value is -1.90. The zero-order valence-corrected chi connectivity index (χ0v) is 9.85. The summed E-state index contributed by atoms with van der Waals surface area (Å²) in [5, 5.41) is 3.48. The second kappa shape index (κ2) is 4.17. The van der Waals surface area contributed by atoms with E-state index in [2.05, 4.69) is 39.6 Å². The summed E-state index contributed by atoms with van der Waals surface area (Å²) >= 11 is 0. The SMILES string of the molecule is Cc1cc(NC2Cc3ccccc3C2)ncn1. The highest BCUT2D eigenvalue weighted by Crippen LogP contribution is 2.23. The van der Waals surface area contributed by atoms with Crippen LogP contribution in [0.2, 0.25) is 0 Å². The van der Waals surface area contributed by atoms with Crippen LogP contribution in [0.5, 0.6) is 0 Å². The molecule has 3 rings (SSSR count). The molecule has 2 aromatic rings. The molecule has 86 valence electrons. The largest absolute Gasteiger partial charge is 0.367 e. The van der Waals surface area contributed by atoms with Crippen molar-refractivity contribution in [3.05, 3.63) is 53.5 Å². The summed E-state index contributed by atoms with van der Waals surface area (Å²) in [5.74, 6) is 0.926. The van der Waals surface area contributed by atoms with Crippen LogP contribution in [-0.2, 0) is 12.8 Å². The Labute approximate surface area is 101 Å². The maximum Gasteiger partial charge on any atom is 0.129 e. The predicted molar refractivity (Wildman–Crippen MR) is 68.0 cm³/mol. The molecule has 0 amide bonds. The molecule has 3 heteroatoms. The maximum absolute atomic E-state index is 4.24. The van der Waals surface area contributed by atoms with Crippen LogP contribution in [0.3, 0.4) is 0 Å². The lowest BCUT2D eigenvalue weighted by Crippen LogP contribution is -2.20. The Kier molecular flexibility index (Phi) is 2.52. The van der Waals surface area contributed by atoms with Crippen LogP contribution < -0.4 is 5.32 Å². The van der Waals surface area contributed by atoms with Crippen molar-refractivity contribution in [1.82, 2.24) is 9.97 Å². The lowest BCUT2D eigenvalue weighted by molar-refractivity contribution is 0.767. The molecule has 0 aliphatic heterocycles. The van der Waals surface area contributed by atoms with E-state index in [0.29, 0.717) is 6.04 Å². The van der Waals surface area contributed by atoms with Crippen LogP contribution in [0, 0.1) is 6.92 Å². The Morgan fingerprint density at radius 3 is 2.47 bits per heavy atom. The summed E-state index contributed by atoms with van der Waals surface area (Å²) in [4.78, 5) is 8.35. The second-order valence-electron chi connectivity index (χ2n) is 4.56. The molecule has 3 nitrogen and oxygen atoms in total. The third kappa shape index (κ3) is 2.13. The van der Waals surface area contributed by atoms with E-state index in [1.54, 1.807) is 6.33 Å². The molecule has 0 unspecified atom stereocenters. The van der Waals surface area contributed by atoms with Gasteiger partial charge in [-0.15, -0.1) is 0 Å². The van der Waals surface area contributed by atoms with Crippen LogP contribution in [0.4, 0.5) is 5.82 Å². The third-order valence-corrected chi connectivity index (χ3v) is 3.21. The number of nitrogens with zero attached hydrogens (tertiary/aromatic N) is 2. The van der Waals surface area contributed by atoms with Crippen molar-refractivity contribution in [3.63, 3.8) is 0 Å². The number of nitrogens with one attached hydrogen (secondary N) is 1. The minimum absolute atomic E-state index is 0.460. The van der Waals surface area contributed by atoms with Gasteiger partial charge in [-0.3, -0.25) is 0 Å². The lowest BCUT2D eigenvalue weighted by atomic mass is 10.1. The van der Waals surface area contributed by atoms with E-state index >= 15 is 0 Å². The fourth-order valence-corrected chi connectivity index (χ4v) is 2.40. The molecule has 0 saturated carbocycles. The van der Waals surface area contributed by atoms with Gasteiger partial charge in [0.15, 0.2) is 0 Å². The van der Waals surface area contributed by atoms with Gasteiger partial charge < -0.3 is 5.32 Å². The summed E-state index contributed by atoms with van der Waals surface area (Å²) in [6.07, 6.45) is 3.78. The van der Waals surface area contributed by atoms with Gasteiger partial charge in [-0.2, -0.15) is 0 Å². The van der Waals surface area contributed by atoms with Crippen LogP contribution in [0.1, 0.15) is 16.8 Å². The van der Waals surface area contributed by atoms with Crippen molar-refractivity contribution in [2.24, 2.45) is 0 Å². The van der Waals surface area contributed by atoms with Crippen molar-refractivity contribution < 1.29 is 0 Å². The fraction of sp³-hybridized carbons (Fsp3) is 0.286. The summed E-state index contributed by atoms with van der Waals surface area (Å²) in [7, 11) is 0. The molecule has 1 aliphatic rings. The first-order valence-electron chi connectivity index (χ1n) is 5.93. The highest BCUT2D eigenvalue weighted by atomic mass is 15.0. The molecular weight excluding hydrogens is 210 g/mol. The zero-order valence-electron chi connectivity index (χ0n) is 9.85. The second-order valence-corrected chi connectivity index (χ2v) is 4.56. The first-order valence-corrected chi connectivity index (χ1v) is 5.93. The van der Waals surface area contributed by atoms with Gasteiger partial charge in [-0.25, -0.2) is 9.97 Å². The van der Waals surface area contributed by atoms with E-state index in [-0.39, 0.29) is 0 Å². The van der Waals surface area contributed by atoms with Crippen molar-refractivity contribution >= 4 is 5.82 Å². The molecule has 0 saturated heterocycles. The fourth-order valence-electron chi connectivity index (χ4n) is 2.40. The molecule has 1 heterocycles.